The maximum absolute atomic E-state index is 13.9. The maximum atomic E-state index is 13.9. The van der Waals surface area contributed by atoms with Crippen molar-refractivity contribution in [3.05, 3.63) is 35.4 Å². The van der Waals surface area contributed by atoms with Crippen molar-refractivity contribution in [3.8, 4) is 0 Å². The molecule has 0 radical (unpaired) electrons. The van der Waals surface area contributed by atoms with Crippen LogP contribution in [0.3, 0.4) is 0 Å². The average Bonchev–Trinajstić information content (AvgIpc) is 2.41. The zero-order chi connectivity index (χ0) is 14.7. The summed E-state index contributed by atoms with van der Waals surface area (Å²) in [5, 5.41) is 8.97. The molecule has 1 N–H and O–H groups in total. The first-order chi connectivity index (χ1) is 9.49. The van der Waals surface area contributed by atoms with E-state index in [1.165, 1.54) is 6.07 Å². The number of piperidine rings is 1. The molecule has 2 atom stereocenters. The van der Waals surface area contributed by atoms with Crippen LogP contribution in [0.1, 0.15) is 44.2 Å². The van der Waals surface area contributed by atoms with Gasteiger partial charge in [0.15, 0.2) is 0 Å². The van der Waals surface area contributed by atoms with E-state index in [-0.39, 0.29) is 18.5 Å². The fourth-order valence-electron chi connectivity index (χ4n) is 2.97. The van der Waals surface area contributed by atoms with Crippen molar-refractivity contribution in [2.75, 3.05) is 6.54 Å². The number of hydrogen-bond acceptors (Lipinski definition) is 2. The molecule has 1 aliphatic rings. The third-order valence-electron chi connectivity index (χ3n) is 3.99. The van der Waals surface area contributed by atoms with Crippen LogP contribution in [0.25, 0.3) is 0 Å². The van der Waals surface area contributed by atoms with Gasteiger partial charge in [-0.05, 0) is 44.5 Å². The van der Waals surface area contributed by atoms with Gasteiger partial charge in [-0.3, -0.25) is 9.69 Å². The van der Waals surface area contributed by atoms with Crippen LogP contribution in [0.4, 0.5) is 8.78 Å². The Morgan fingerprint density at radius 2 is 2.20 bits per heavy atom. The van der Waals surface area contributed by atoms with Gasteiger partial charge in [-0.25, -0.2) is 8.78 Å². The van der Waals surface area contributed by atoms with Crippen molar-refractivity contribution in [1.82, 2.24) is 4.90 Å². The Morgan fingerprint density at radius 3 is 2.90 bits per heavy atom. The number of aliphatic carboxylic acids is 1. The summed E-state index contributed by atoms with van der Waals surface area (Å²) in [6.07, 6.45) is 2.76. The van der Waals surface area contributed by atoms with Crippen molar-refractivity contribution in [1.29, 1.82) is 0 Å². The van der Waals surface area contributed by atoms with Crippen molar-refractivity contribution >= 4 is 5.97 Å². The van der Waals surface area contributed by atoms with E-state index in [9.17, 15) is 13.6 Å². The van der Waals surface area contributed by atoms with Gasteiger partial charge < -0.3 is 5.11 Å². The van der Waals surface area contributed by atoms with E-state index in [2.05, 4.69) is 0 Å². The largest absolute Gasteiger partial charge is 0.481 e. The lowest BCUT2D eigenvalue weighted by atomic mass is 9.95. The second-order valence-electron chi connectivity index (χ2n) is 5.33. The minimum Gasteiger partial charge on any atom is -0.481 e. The smallest absolute Gasteiger partial charge is 0.304 e. The summed E-state index contributed by atoms with van der Waals surface area (Å²) in [4.78, 5) is 12.9. The van der Waals surface area contributed by atoms with Crippen LogP contribution in [0, 0.1) is 11.6 Å². The second-order valence-corrected chi connectivity index (χ2v) is 5.33. The topological polar surface area (TPSA) is 40.5 Å². The molecule has 0 aliphatic carbocycles. The molecular weight excluding hydrogens is 264 g/mol. The number of carbonyl (C=O) groups is 1. The summed E-state index contributed by atoms with van der Waals surface area (Å²) in [5.74, 6) is -1.77. The van der Waals surface area contributed by atoms with Gasteiger partial charge in [0.1, 0.15) is 11.6 Å². The van der Waals surface area contributed by atoms with Crippen LogP contribution in [0.5, 0.6) is 0 Å². The Morgan fingerprint density at radius 1 is 1.45 bits per heavy atom. The number of likely N-dealkylation sites (tertiary alicyclic amines) is 1. The van der Waals surface area contributed by atoms with Crippen LogP contribution < -0.4 is 0 Å². The summed E-state index contributed by atoms with van der Waals surface area (Å²) < 4.78 is 27.2. The van der Waals surface area contributed by atoms with Crippen LogP contribution in [0.2, 0.25) is 0 Å². The highest BCUT2D eigenvalue weighted by molar-refractivity contribution is 5.67. The van der Waals surface area contributed by atoms with Crippen molar-refractivity contribution < 1.29 is 18.7 Å². The first kappa shape index (κ1) is 14.9. The normalized spacial score (nSPS) is 21.6. The summed E-state index contributed by atoms with van der Waals surface area (Å²) in [6, 6.07) is 2.98. The molecule has 1 heterocycles. The Hall–Kier alpha value is -1.49. The fraction of sp³-hybridized carbons (Fsp3) is 0.533. The lowest BCUT2D eigenvalue weighted by molar-refractivity contribution is -0.139. The first-order valence-corrected chi connectivity index (χ1v) is 6.91. The van der Waals surface area contributed by atoms with Crippen molar-refractivity contribution in [2.24, 2.45) is 0 Å². The lowest BCUT2D eigenvalue weighted by Crippen LogP contribution is -2.42. The average molecular weight is 283 g/mol. The van der Waals surface area contributed by atoms with Crippen LogP contribution in [-0.2, 0) is 4.79 Å². The molecule has 5 heteroatoms. The van der Waals surface area contributed by atoms with Gasteiger partial charge in [-0.1, -0.05) is 6.42 Å². The number of rotatable bonds is 4. The Bertz CT molecular complexity index is 493. The number of halogens is 2. The van der Waals surface area contributed by atoms with Crippen LogP contribution >= 0.6 is 0 Å². The zero-order valence-electron chi connectivity index (χ0n) is 11.5. The molecule has 1 saturated heterocycles. The van der Waals surface area contributed by atoms with Gasteiger partial charge in [0.2, 0.25) is 0 Å². The second kappa shape index (κ2) is 6.31. The highest BCUT2D eigenvalue weighted by atomic mass is 19.1. The van der Waals surface area contributed by atoms with Crippen molar-refractivity contribution in [3.63, 3.8) is 0 Å². The molecule has 0 aromatic heterocycles. The molecule has 0 saturated carbocycles. The van der Waals surface area contributed by atoms with E-state index in [1.807, 2.05) is 4.90 Å². The Labute approximate surface area is 117 Å². The van der Waals surface area contributed by atoms with Crippen LogP contribution in [-0.4, -0.2) is 28.6 Å². The zero-order valence-corrected chi connectivity index (χ0v) is 11.5. The van der Waals surface area contributed by atoms with Gasteiger partial charge >= 0.3 is 5.97 Å². The molecule has 110 valence electrons. The predicted molar refractivity (Wildman–Crippen MR) is 71.4 cm³/mol. The van der Waals surface area contributed by atoms with E-state index in [4.69, 9.17) is 5.11 Å². The summed E-state index contributed by atoms with van der Waals surface area (Å²) >= 11 is 0. The molecule has 1 aliphatic heterocycles. The number of nitrogens with zero attached hydrogens (tertiary/aromatic N) is 1. The van der Waals surface area contributed by atoms with E-state index in [1.54, 1.807) is 6.92 Å². The molecule has 0 bridgehead atoms. The highest BCUT2D eigenvalue weighted by Crippen LogP contribution is 2.31. The number of hydrogen-bond donors (Lipinski definition) is 1. The summed E-state index contributed by atoms with van der Waals surface area (Å²) in [5.41, 5.74) is 0.294. The summed E-state index contributed by atoms with van der Waals surface area (Å²) in [7, 11) is 0. The molecule has 2 rings (SSSR count). The molecule has 1 fully saturated rings. The monoisotopic (exact) mass is 283 g/mol. The van der Waals surface area contributed by atoms with Crippen LogP contribution in [0.15, 0.2) is 18.2 Å². The molecule has 0 amide bonds. The van der Waals surface area contributed by atoms with E-state index >= 15 is 0 Å². The van der Waals surface area contributed by atoms with Gasteiger partial charge in [0.25, 0.3) is 0 Å². The fourth-order valence-corrected chi connectivity index (χ4v) is 2.97. The van der Waals surface area contributed by atoms with Gasteiger partial charge in [0.05, 0.1) is 6.42 Å². The number of benzene rings is 1. The third-order valence-corrected chi connectivity index (χ3v) is 3.99. The Kier molecular flexibility index (Phi) is 4.70. The molecular formula is C15H19F2NO2. The van der Waals surface area contributed by atoms with Gasteiger partial charge in [-0.15, -0.1) is 0 Å². The third kappa shape index (κ3) is 3.33. The van der Waals surface area contributed by atoms with E-state index in [0.717, 1.165) is 37.9 Å². The SMILES string of the molecule is CC(c1cc(F)ccc1F)N1CCCCC1CC(=O)O. The predicted octanol–water partition coefficient (Wildman–Crippen LogP) is 3.36. The standard InChI is InChI=1S/C15H19F2NO2/c1-10(13-8-11(16)5-6-14(13)17)18-7-3-2-4-12(18)9-15(19)20/h5-6,8,10,12H,2-4,7,9H2,1H3,(H,19,20). The first-order valence-electron chi connectivity index (χ1n) is 6.91. The molecule has 20 heavy (non-hydrogen) atoms. The summed E-state index contributed by atoms with van der Waals surface area (Å²) in [6.45, 7) is 2.52. The minimum absolute atomic E-state index is 0.0429. The number of carboxylic acid groups (broad SMARTS) is 1. The van der Waals surface area contributed by atoms with E-state index in [0.29, 0.717) is 5.56 Å². The molecule has 1 aromatic rings. The highest BCUT2D eigenvalue weighted by Gasteiger charge is 2.30. The number of carboxylic acids is 1. The quantitative estimate of drug-likeness (QED) is 0.921. The molecule has 1 aromatic carbocycles. The molecule has 2 unspecified atom stereocenters. The lowest BCUT2D eigenvalue weighted by Gasteiger charge is -2.39. The van der Waals surface area contributed by atoms with Crippen molar-refractivity contribution in [2.45, 2.75) is 44.7 Å². The molecule has 3 nitrogen and oxygen atoms in total. The maximum Gasteiger partial charge on any atom is 0.304 e. The van der Waals surface area contributed by atoms with E-state index < -0.39 is 17.6 Å². The van der Waals surface area contributed by atoms with Gasteiger partial charge in [0, 0.05) is 17.6 Å². The molecule has 0 spiro atoms. The van der Waals surface area contributed by atoms with Gasteiger partial charge in [-0.2, -0.15) is 0 Å². The Balaban J connectivity index is 2.22. The minimum atomic E-state index is -0.853.